The molecule has 0 atom stereocenters. The van der Waals surface area contributed by atoms with Crippen LogP contribution in [0, 0.1) is 11.3 Å². The molecule has 0 radical (unpaired) electrons. The average Bonchev–Trinajstić information content (AvgIpc) is 3.02. The molecule has 0 amide bonds. The first kappa shape index (κ1) is 13.5. The maximum Gasteiger partial charge on any atom is 0.107 e. The molecule has 1 saturated carbocycles. The number of nitriles is 1. The van der Waals surface area contributed by atoms with Crippen molar-refractivity contribution in [1.82, 2.24) is 9.88 Å². The van der Waals surface area contributed by atoms with Crippen LogP contribution in [0.15, 0.2) is 18.3 Å². The van der Waals surface area contributed by atoms with Crippen LogP contribution in [0.2, 0.25) is 0 Å². The minimum atomic E-state index is -0.801. The number of nitrogens with zero attached hydrogens (tertiary/aromatic N) is 3. The Morgan fingerprint density at radius 3 is 2.50 bits per heavy atom. The van der Waals surface area contributed by atoms with E-state index in [0.717, 1.165) is 31.4 Å². The van der Waals surface area contributed by atoms with E-state index in [9.17, 15) is 5.11 Å². The van der Waals surface area contributed by atoms with Crippen LogP contribution in [0.4, 0.5) is 0 Å². The Morgan fingerprint density at radius 1 is 1.25 bits per heavy atom. The Bertz CT molecular complexity index is 491. The highest BCUT2D eigenvalue weighted by Crippen LogP contribution is 2.38. The molecule has 106 valence electrons. The number of hydrogen-bond donors (Lipinski definition) is 1. The summed E-state index contributed by atoms with van der Waals surface area (Å²) in [5, 5.41) is 19.6. The molecule has 2 aliphatic rings. The highest BCUT2D eigenvalue weighted by atomic mass is 16.3. The normalized spacial score (nSPS) is 31.1. The molecule has 4 nitrogen and oxygen atoms in total. The molecule has 3 rings (SSSR count). The second-order valence-electron chi connectivity index (χ2n) is 6.05. The zero-order valence-electron chi connectivity index (χ0n) is 11.8. The summed E-state index contributed by atoms with van der Waals surface area (Å²) in [6.45, 7) is 2.44. The molecule has 1 N–H and O–H groups in total. The lowest BCUT2D eigenvalue weighted by molar-refractivity contribution is -0.0255. The van der Waals surface area contributed by atoms with Crippen molar-refractivity contribution in [2.75, 3.05) is 13.1 Å². The van der Waals surface area contributed by atoms with Gasteiger partial charge in [0.1, 0.15) is 11.7 Å². The van der Waals surface area contributed by atoms with Crippen LogP contribution in [-0.2, 0) is 5.60 Å². The number of likely N-dealkylation sites (tertiary alicyclic amines) is 1. The van der Waals surface area contributed by atoms with Gasteiger partial charge in [-0.3, -0.25) is 4.98 Å². The van der Waals surface area contributed by atoms with Gasteiger partial charge in [0.2, 0.25) is 0 Å². The Labute approximate surface area is 120 Å². The Balaban J connectivity index is 1.66. The van der Waals surface area contributed by atoms with E-state index in [-0.39, 0.29) is 0 Å². The zero-order chi connectivity index (χ0) is 14.0. The lowest BCUT2D eigenvalue weighted by atomic mass is 9.79. The van der Waals surface area contributed by atoms with E-state index in [1.54, 1.807) is 18.3 Å². The molecule has 0 unspecified atom stereocenters. The summed E-state index contributed by atoms with van der Waals surface area (Å²) in [4.78, 5) is 6.86. The highest BCUT2D eigenvalue weighted by Gasteiger charge is 2.38. The molecule has 20 heavy (non-hydrogen) atoms. The van der Waals surface area contributed by atoms with E-state index in [1.165, 1.54) is 25.9 Å². The van der Waals surface area contributed by atoms with Gasteiger partial charge in [0.15, 0.2) is 0 Å². The van der Waals surface area contributed by atoms with E-state index in [1.807, 2.05) is 0 Å². The number of hydrogen-bond acceptors (Lipinski definition) is 4. The maximum atomic E-state index is 10.8. The van der Waals surface area contributed by atoms with Gasteiger partial charge in [0.05, 0.1) is 11.3 Å². The van der Waals surface area contributed by atoms with Crippen LogP contribution >= 0.6 is 0 Å². The van der Waals surface area contributed by atoms with Crippen LogP contribution in [0.1, 0.15) is 49.8 Å². The van der Waals surface area contributed by atoms with Gasteiger partial charge < -0.3 is 10.0 Å². The molecule has 1 aromatic rings. The number of aromatic nitrogens is 1. The predicted molar refractivity (Wildman–Crippen MR) is 75.9 cm³/mol. The molecule has 0 spiro atoms. The first-order valence-electron chi connectivity index (χ1n) is 7.54. The van der Waals surface area contributed by atoms with Crippen LogP contribution in [0.25, 0.3) is 0 Å². The Kier molecular flexibility index (Phi) is 3.73. The molecular formula is C16H21N3O. The Hall–Kier alpha value is -1.44. The smallest absolute Gasteiger partial charge is 0.107 e. The second-order valence-corrected chi connectivity index (χ2v) is 6.05. The molecule has 1 aliphatic carbocycles. The molecule has 2 fully saturated rings. The summed E-state index contributed by atoms with van der Waals surface area (Å²) in [7, 11) is 0. The summed E-state index contributed by atoms with van der Waals surface area (Å²) >= 11 is 0. The van der Waals surface area contributed by atoms with E-state index < -0.39 is 5.60 Å². The van der Waals surface area contributed by atoms with Crippen LogP contribution in [-0.4, -0.2) is 34.1 Å². The summed E-state index contributed by atoms with van der Waals surface area (Å²) in [5.74, 6) is 0. The molecule has 1 aromatic heterocycles. The molecule has 2 heterocycles. The fraction of sp³-hybridized carbons (Fsp3) is 0.625. The van der Waals surface area contributed by atoms with Crippen molar-refractivity contribution in [2.45, 2.75) is 50.2 Å². The number of rotatable bonds is 2. The van der Waals surface area contributed by atoms with Crippen molar-refractivity contribution < 1.29 is 5.11 Å². The van der Waals surface area contributed by atoms with Gasteiger partial charge in [-0.2, -0.15) is 5.26 Å². The molecule has 4 heteroatoms. The summed E-state index contributed by atoms with van der Waals surface area (Å²) < 4.78 is 0. The molecule has 0 bridgehead atoms. The average molecular weight is 271 g/mol. The van der Waals surface area contributed by atoms with Crippen molar-refractivity contribution in [1.29, 1.82) is 5.26 Å². The zero-order valence-corrected chi connectivity index (χ0v) is 11.8. The third-order valence-electron chi connectivity index (χ3n) is 4.81. The number of pyridine rings is 1. The number of aliphatic hydroxyl groups is 1. The maximum absolute atomic E-state index is 10.8. The minimum absolute atomic E-state index is 0.545. The van der Waals surface area contributed by atoms with Gasteiger partial charge in [-0.15, -0.1) is 0 Å². The van der Waals surface area contributed by atoms with Crippen molar-refractivity contribution in [2.24, 2.45) is 0 Å². The van der Waals surface area contributed by atoms with E-state index in [0.29, 0.717) is 11.6 Å². The van der Waals surface area contributed by atoms with Crippen molar-refractivity contribution in [3.8, 4) is 6.07 Å². The van der Waals surface area contributed by atoms with Gasteiger partial charge in [-0.25, -0.2) is 0 Å². The van der Waals surface area contributed by atoms with Gasteiger partial charge in [0.25, 0.3) is 0 Å². The van der Waals surface area contributed by atoms with E-state index in [4.69, 9.17) is 5.26 Å². The molecular weight excluding hydrogens is 250 g/mol. The van der Waals surface area contributed by atoms with Gasteiger partial charge in [0, 0.05) is 12.2 Å². The van der Waals surface area contributed by atoms with Gasteiger partial charge in [-0.1, -0.05) is 0 Å². The topological polar surface area (TPSA) is 60.1 Å². The van der Waals surface area contributed by atoms with E-state index >= 15 is 0 Å². The lowest BCUT2D eigenvalue weighted by Crippen LogP contribution is -2.41. The third-order valence-corrected chi connectivity index (χ3v) is 4.81. The molecule has 1 aliphatic heterocycles. The Morgan fingerprint density at radius 2 is 1.95 bits per heavy atom. The second kappa shape index (κ2) is 5.51. The lowest BCUT2D eigenvalue weighted by Gasteiger charge is -2.39. The highest BCUT2D eigenvalue weighted by molar-refractivity contribution is 5.28. The predicted octanol–water partition coefficient (Wildman–Crippen LogP) is 2.18. The minimum Gasteiger partial charge on any atom is -0.384 e. The summed E-state index contributed by atoms with van der Waals surface area (Å²) in [6, 6.07) is 6.24. The molecule has 1 saturated heterocycles. The van der Waals surface area contributed by atoms with Gasteiger partial charge in [-0.05, 0) is 63.7 Å². The van der Waals surface area contributed by atoms with Gasteiger partial charge >= 0.3 is 0 Å². The quantitative estimate of drug-likeness (QED) is 0.895. The first-order valence-corrected chi connectivity index (χ1v) is 7.54. The van der Waals surface area contributed by atoms with Crippen LogP contribution in [0.3, 0.4) is 0 Å². The fourth-order valence-electron chi connectivity index (χ4n) is 3.54. The van der Waals surface area contributed by atoms with Crippen molar-refractivity contribution in [3.05, 3.63) is 29.6 Å². The van der Waals surface area contributed by atoms with Crippen molar-refractivity contribution >= 4 is 0 Å². The first-order chi connectivity index (χ1) is 9.71. The molecule has 0 aromatic carbocycles. The summed E-state index contributed by atoms with van der Waals surface area (Å²) in [5.41, 5.74) is 0.462. The summed E-state index contributed by atoms with van der Waals surface area (Å²) in [6.07, 6.45) is 7.81. The van der Waals surface area contributed by atoms with Crippen LogP contribution < -0.4 is 0 Å². The van der Waals surface area contributed by atoms with Crippen molar-refractivity contribution in [3.63, 3.8) is 0 Å². The largest absolute Gasteiger partial charge is 0.384 e. The monoisotopic (exact) mass is 271 g/mol. The standard InChI is InChI=1S/C16H21N3O/c17-11-13-3-4-15(18-12-13)16(20)7-5-14(6-8-16)19-9-1-2-10-19/h3-4,12,14,20H,1-2,5-10H2. The fourth-order valence-corrected chi connectivity index (χ4v) is 3.54. The van der Waals surface area contributed by atoms with E-state index in [2.05, 4.69) is 16.0 Å². The third kappa shape index (κ3) is 2.56. The van der Waals surface area contributed by atoms with Crippen LogP contribution in [0.5, 0.6) is 0 Å². The SMILES string of the molecule is N#Cc1ccc(C2(O)CCC(N3CCCC3)CC2)nc1.